The van der Waals surface area contributed by atoms with Gasteiger partial charge in [-0.15, -0.1) is 0 Å². The van der Waals surface area contributed by atoms with E-state index in [1.54, 1.807) is 0 Å². The molecule has 5 saturated carbocycles. The smallest absolute Gasteiger partial charge is 0.165 e. The van der Waals surface area contributed by atoms with E-state index in [-0.39, 0.29) is 23.5 Å². The third-order valence-corrected chi connectivity index (χ3v) is 9.36. The van der Waals surface area contributed by atoms with Crippen molar-refractivity contribution in [1.29, 1.82) is 0 Å². The van der Waals surface area contributed by atoms with Crippen molar-refractivity contribution >= 4 is 6.21 Å². The van der Waals surface area contributed by atoms with Crippen LogP contribution in [0.25, 0.3) is 0 Å². The Hall–Kier alpha value is -0.670. The van der Waals surface area contributed by atoms with E-state index in [0.717, 1.165) is 24.6 Å². The number of hydrogen-bond donors (Lipinski definition) is 2. The van der Waals surface area contributed by atoms with Gasteiger partial charge in [-0.25, -0.2) is 4.58 Å². The van der Waals surface area contributed by atoms with Gasteiger partial charge >= 0.3 is 0 Å². The maximum Gasteiger partial charge on any atom is 0.165 e. The second-order valence-corrected chi connectivity index (χ2v) is 10.3. The van der Waals surface area contributed by atoms with Gasteiger partial charge in [0.05, 0.1) is 11.5 Å². The van der Waals surface area contributed by atoms with Crippen LogP contribution in [0.2, 0.25) is 0 Å². The third-order valence-electron chi connectivity index (χ3n) is 9.36. The van der Waals surface area contributed by atoms with Crippen LogP contribution in [-0.2, 0) is 0 Å². The van der Waals surface area contributed by atoms with E-state index < -0.39 is 0 Å². The van der Waals surface area contributed by atoms with Crippen molar-refractivity contribution in [2.75, 3.05) is 19.7 Å². The molecule has 7 atom stereocenters. The molecule has 3 nitrogen and oxygen atoms in total. The highest BCUT2D eigenvalue weighted by Gasteiger charge is 2.70. The number of nitrogens with zero attached hydrogens (tertiary/aromatic N) is 1. The number of hydrogen-bond acceptors (Lipinski definition) is 2. The van der Waals surface area contributed by atoms with Crippen molar-refractivity contribution in [3.05, 3.63) is 12.2 Å². The predicted molar refractivity (Wildman–Crippen MR) is 98.7 cm³/mol. The second-order valence-electron chi connectivity index (χ2n) is 10.3. The van der Waals surface area contributed by atoms with Gasteiger partial charge in [0.25, 0.3) is 0 Å². The Kier molecular flexibility index (Phi) is 3.43. The van der Waals surface area contributed by atoms with E-state index in [0.29, 0.717) is 17.3 Å². The molecule has 5 fully saturated rings. The van der Waals surface area contributed by atoms with Crippen molar-refractivity contribution in [1.82, 2.24) is 0 Å². The molecule has 5 aliphatic carbocycles. The quantitative estimate of drug-likeness (QED) is 0.597. The first-order chi connectivity index (χ1) is 12.0. The van der Waals surface area contributed by atoms with Crippen LogP contribution in [0, 0.1) is 34.0 Å². The summed E-state index contributed by atoms with van der Waals surface area (Å²) in [6.07, 6.45) is 12.4. The largest absolute Gasteiger partial charge is 0.390 e. The summed E-state index contributed by atoms with van der Waals surface area (Å²) in [5.74, 6) is 1.91. The van der Waals surface area contributed by atoms with Crippen LogP contribution >= 0.6 is 0 Å². The van der Waals surface area contributed by atoms with Crippen molar-refractivity contribution in [2.45, 2.75) is 64.4 Å². The number of β-amino-alcohol motifs (C(OH)–C–C–N with tert-alkyl or cyclic N) is 1. The van der Waals surface area contributed by atoms with Crippen molar-refractivity contribution < 1.29 is 14.8 Å². The molecule has 25 heavy (non-hydrogen) atoms. The lowest BCUT2D eigenvalue weighted by Gasteiger charge is -2.68. The molecule has 0 aromatic carbocycles. The molecule has 0 radical (unpaired) electrons. The Morgan fingerprint density at radius 1 is 1.20 bits per heavy atom. The van der Waals surface area contributed by atoms with Gasteiger partial charge < -0.3 is 10.2 Å². The topological polar surface area (TPSA) is 43.5 Å². The first-order valence-corrected chi connectivity index (χ1v) is 10.5. The van der Waals surface area contributed by atoms with Crippen LogP contribution in [0.15, 0.2) is 12.2 Å². The lowest BCUT2D eigenvalue weighted by atomic mass is 9.35. The summed E-state index contributed by atoms with van der Waals surface area (Å²) in [6, 6.07) is 0. The zero-order chi connectivity index (χ0) is 17.4. The molecule has 1 heterocycles. The number of aliphatic hydroxyl groups is 2. The first kappa shape index (κ1) is 16.5. The minimum Gasteiger partial charge on any atom is -0.390 e. The number of fused-ring (bicyclic) bond motifs is 2. The summed E-state index contributed by atoms with van der Waals surface area (Å²) < 4.78 is 2.44. The Bertz CT molecular complexity index is 642. The highest BCUT2D eigenvalue weighted by Crippen LogP contribution is 2.72. The second kappa shape index (κ2) is 5.19. The highest BCUT2D eigenvalue weighted by molar-refractivity contribution is 5.65. The molecular weight excluding hydrogens is 310 g/mol. The fourth-order valence-electron chi connectivity index (χ4n) is 8.50. The first-order valence-electron chi connectivity index (χ1n) is 10.5. The van der Waals surface area contributed by atoms with E-state index in [4.69, 9.17) is 0 Å². The summed E-state index contributed by atoms with van der Waals surface area (Å²) in [5, 5.41) is 20.8. The molecule has 6 rings (SSSR count). The molecule has 4 bridgehead atoms. The van der Waals surface area contributed by atoms with Gasteiger partial charge in [-0.05, 0) is 68.3 Å². The maximum atomic E-state index is 11.2. The average molecular weight is 345 g/mol. The van der Waals surface area contributed by atoms with Gasteiger partial charge in [0.1, 0.15) is 19.4 Å². The van der Waals surface area contributed by atoms with Crippen LogP contribution in [0.4, 0.5) is 0 Å². The minimum atomic E-state index is -0.282. The molecule has 2 N–H and O–H groups in total. The normalized spacial score (nSPS) is 53.9. The van der Waals surface area contributed by atoms with Crippen LogP contribution in [0.1, 0.15) is 58.3 Å². The fraction of sp³-hybridized carbons (Fsp3) is 0.864. The van der Waals surface area contributed by atoms with E-state index in [9.17, 15) is 10.2 Å². The van der Waals surface area contributed by atoms with Crippen molar-refractivity contribution in [3.63, 3.8) is 0 Å². The molecule has 1 spiro atoms. The molecule has 0 aromatic rings. The zero-order valence-corrected chi connectivity index (χ0v) is 15.7. The van der Waals surface area contributed by atoms with Gasteiger partial charge in [0.2, 0.25) is 0 Å². The van der Waals surface area contributed by atoms with Crippen molar-refractivity contribution in [3.8, 4) is 0 Å². The molecule has 0 aromatic heterocycles. The maximum absolute atomic E-state index is 11.2. The molecule has 3 heteroatoms. The molecule has 0 amide bonds. The summed E-state index contributed by atoms with van der Waals surface area (Å²) in [6.45, 7) is 8.93. The van der Waals surface area contributed by atoms with Crippen molar-refractivity contribution in [2.24, 2.45) is 34.0 Å². The van der Waals surface area contributed by atoms with E-state index in [1.807, 2.05) is 0 Å². The number of rotatable bonds is 2. The van der Waals surface area contributed by atoms with Gasteiger partial charge in [-0.3, -0.25) is 0 Å². The SMILES string of the molecule is C=C1C2CC[C@]3(CCC4[C@@]5(C)CCC[C@]4(C=[N+](CCO)C5)C3C2)[C@H]1O. The van der Waals surface area contributed by atoms with E-state index in [1.165, 1.54) is 51.4 Å². The number of aliphatic hydroxyl groups excluding tert-OH is 2. The van der Waals surface area contributed by atoms with Gasteiger partial charge in [-0.2, -0.15) is 0 Å². The average Bonchev–Trinajstić information content (AvgIpc) is 2.58. The molecule has 138 valence electrons. The Morgan fingerprint density at radius 2 is 2.00 bits per heavy atom. The molecule has 1 aliphatic heterocycles. The van der Waals surface area contributed by atoms with Crippen LogP contribution in [-0.4, -0.2) is 46.8 Å². The molecule has 0 saturated heterocycles. The monoisotopic (exact) mass is 344 g/mol. The fourth-order valence-corrected chi connectivity index (χ4v) is 8.50. The summed E-state index contributed by atoms with van der Waals surface area (Å²) in [5.41, 5.74) is 1.85. The van der Waals surface area contributed by atoms with Crippen LogP contribution in [0.3, 0.4) is 0 Å². The van der Waals surface area contributed by atoms with Gasteiger partial charge in [0, 0.05) is 10.8 Å². The zero-order valence-electron chi connectivity index (χ0n) is 15.7. The van der Waals surface area contributed by atoms with Crippen LogP contribution < -0.4 is 0 Å². The summed E-state index contributed by atoms with van der Waals surface area (Å²) in [7, 11) is 0. The summed E-state index contributed by atoms with van der Waals surface area (Å²) >= 11 is 0. The summed E-state index contributed by atoms with van der Waals surface area (Å²) in [4.78, 5) is 0. The van der Waals surface area contributed by atoms with E-state index in [2.05, 4.69) is 24.3 Å². The molecule has 3 unspecified atom stereocenters. The lowest BCUT2D eigenvalue weighted by molar-refractivity contribution is -0.560. The lowest BCUT2D eigenvalue weighted by Crippen LogP contribution is -2.68. The third kappa shape index (κ3) is 1.92. The van der Waals surface area contributed by atoms with Crippen LogP contribution in [0.5, 0.6) is 0 Å². The molecule has 6 aliphatic rings. The Balaban J connectivity index is 1.65. The predicted octanol–water partition coefficient (Wildman–Crippen LogP) is 3.00. The van der Waals surface area contributed by atoms with Gasteiger partial charge in [-0.1, -0.05) is 19.9 Å². The standard InChI is InChI=1S/C22H34NO2/c1-15-16-4-8-21(19(15)25)9-5-17-20(2)6-3-7-22(17,18(21)12-16)14-23(13-20)10-11-24/h14,16-19,24-25H,1,3-13H2,2H3/q+1/t16?,17?,18?,19-,20-,21+,22+/m0/s1. The minimum absolute atomic E-state index is 0.0826. The Labute approximate surface area is 151 Å². The Morgan fingerprint density at radius 3 is 2.80 bits per heavy atom. The molecular formula is C22H34NO2+. The van der Waals surface area contributed by atoms with Gasteiger partial charge in [0.15, 0.2) is 6.54 Å². The highest BCUT2D eigenvalue weighted by atomic mass is 16.3. The van der Waals surface area contributed by atoms with E-state index >= 15 is 0 Å².